The number of halogens is 1. The Hall–Kier alpha value is -1.09. The van der Waals surface area contributed by atoms with Crippen LogP contribution in [-0.2, 0) is 13.5 Å². The van der Waals surface area contributed by atoms with Crippen LogP contribution in [0.5, 0.6) is 0 Å². The maximum Gasteiger partial charge on any atom is 0.159 e. The molecule has 0 aliphatic carbocycles. The zero-order chi connectivity index (χ0) is 9.97. The molecular weight excluding hydrogens is 198 g/mol. The maximum atomic E-state index is 5.65. The fourth-order valence-corrected chi connectivity index (χ4v) is 1.65. The monoisotopic (exact) mass is 209 g/mol. The summed E-state index contributed by atoms with van der Waals surface area (Å²) in [5, 5.41) is 0. The number of alkyl halides is 1. The normalized spacial score (nSPS) is 11.0. The molecule has 0 N–H and O–H groups in total. The van der Waals surface area contributed by atoms with Crippen molar-refractivity contribution in [1.29, 1.82) is 0 Å². The van der Waals surface area contributed by atoms with E-state index < -0.39 is 0 Å². The highest BCUT2D eigenvalue weighted by Gasteiger charge is 2.06. The van der Waals surface area contributed by atoms with E-state index in [0.29, 0.717) is 5.88 Å². The van der Waals surface area contributed by atoms with Gasteiger partial charge in [-0.05, 0) is 18.6 Å². The third-order valence-electron chi connectivity index (χ3n) is 2.25. The van der Waals surface area contributed by atoms with E-state index in [2.05, 4.69) is 9.97 Å². The van der Waals surface area contributed by atoms with Crippen LogP contribution < -0.4 is 0 Å². The van der Waals surface area contributed by atoms with Crippen LogP contribution in [0.15, 0.2) is 18.3 Å². The highest BCUT2D eigenvalue weighted by molar-refractivity contribution is 6.17. The second kappa shape index (κ2) is 3.96. The molecule has 2 rings (SSSR count). The van der Waals surface area contributed by atoms with E-state index in [1.165, 1.54) is 0 Å². The van der Waals surface area contributed by atoms with Crippen LogP contribution in [0.1, 0.15) is 12.2 Å². The summed E-state index contributed by atoms with van der Waals surface area (Å²) in [5.74, 6) is 1.73. The molecule has 4 heteroatoms. The highest BCUT2D eigenvalue weighted by atomic mass is 35.5. The van der Waals surface area contributed by atoms with Gasteiger partial charge in [-0.2, -0.15) is 0 Å². The number of hydrogen-bond donors (Lipinski definition) is 0. The number of aryl methyl sites for hydroxylation is 2. The smallest absolute Gasteiger partial charge is 0.159 e. The van der Waals surface area contributed by atoms with Crippen molar-refractivity contribution in [2.45, 2.75) is 12.8 Å². The van der Waals surface area contributed by atoms with Crippen LogP contribution in [-0.4, -0.2) is 20.4 Å². The standard InChI is InChI=1S/C10H12ClN3/c1-14-9(5-2-6-11)13-8-4-3-7-12-10(8)14/h3-4,7H,2,5-6H2,1H3. The van der Waals surface area contributed by atoms with Crippen molar-refractivity contribution in [1.82, 2.24) is 14.5 Å². The second-order valence-corrected chi connectivity index (χ2v) is 3.60. The third-order valence-corrected chi connectivity index (χ3v) is 2.52. The van der Waals surface area contributed by atoms with E-state index in [4.69, 9.17) is 11.6 Å². The zero-order valence-corrected chi connectivity index (χ0v) is 8.83. The first kappa shape index (κ1) is 9.46. The third kappa shape index (κ3) is 1.60. The van der Waals surface area contributed by atoms with Crippen molar-refractivity contribution < 1.29 is 0 Å². The fraction of sp³-hybridized carbons (Fsp3) is 0.400. The summed E-state index contributed by atoms with van der Waals surface area (Å²) in [7, 11) is 1.99. The zero-order valence-electron chi connectivity index (χ0n) is 8.07. The van der Waals surface area contributed by atoms with Gasteiger partial charge in [-0.1, -0.05) is 0 Å². The lowest BCUT2D eigenvalue weighted by Crippen LogP contribution is -1.98. The fourth-order valence-electron chi connectivity index (χ4n) is 1.52. The minimum Gasteiger partial charge on any atom is -0.316 e. The van der Waals surface area contributed by atoms with Crippen molar-refractivity contribution in [2.24, 2.45) is 7.05 Å². The highest BCUT2D eigenvalue weighted by Crippen LogP contribution is 2.12. The van der Waals surface area contributed by atoms with E-state index in [9.17, 15) is 0 Å². The molecule has 0 radical (unpaired) electrons. The summed E-state index contributed by atoms with van der Waals surface area (Å²) in [6, 6.07) is 3.88. The van der Waals surface area contributed by atoms with Gasteiger partial charge in [0.1, 0.15) is 11.3 Å². The number of hydrogen-bond acceptors (Lipinski definition) is 2. The summed E-state index contributed by atoms with van der Waals surface area (Å²) in [6.07, 6.45) is 3.66. The van der Waals surface area contributed by atoms with Gasteiger partial charge in [-0.25, -0.2) is 9.97 Å². The minimum absolute atomic E-state index is 0.677. The topological polar surface area (TPSA) is 30.7 Å². The predicted octanol–water partition coefficient (Wildman–Crippen LogP) is 2.14. The summed E-state index contributed by atoms with van der Waals surface area (Å²) >= 11 is 5.65. The molecule has 3 nitrogen and oxygen atoms in total. The predicted molar refractivity (Wildman–Crippen MR) is 57.6 cm³/mol. The van der Waals surface area contributed by atoms with Gasteiger partial charge in [0, 0.05) is 25.5 Å². The molecule has 0 aliphatic rings. The largest absolute Gasteiger partial charge is 0.316 e. The number of rotatable bonds is 3. The summed E-state index contributed by atoms with van der Waals surface area (Å²) in [4.78, 5) is 8.77. The van der Waals surface area contributed by atoms with E-state index in [1.54, 1.807) is 6.20 Å². The van der Waals surface area contributed by atoms with Crippen LogP contribution >= 0.6 is 11.6 Å². The number of pyridine rings is 1. The quantitative estimate of drug-likeness (QED) is 0.726. The summed E-state index contributed by atoms with van der Waals surface area (Å²) < 4.78 is 2.03. The second-order valence-electron chi connectivity index (χ2n) is 3.23. The molecule has 0 saturated heterocycles. The summed E-state index contributed by atoms with van der Waals surface area (Å²) in [6.45, 7) is 0. The maximum absolute atomic E-state index is 5.65. The number of aromatic nitrogens is 3. The van der Waals surface area contributed by atoms with Crippen LogP contribution in [0.3, 0.4) is 0 Å². The van der Waals surface area contributed by atoms with E-state index >= 15 is 0 Å². The van der Waals surface area contributed by atoms with E-state index in [1.807, 2.05) is 23.7 Å². The van der Waals surface area contributed by atoms with E-state index in [-0.39, 0.29) is 0 Å². The summed E-state index contributed by atoms with van der Waals surface area (Å²) in [5.41, 5.74) is 1.90. The molecule has 74 valence electrons. The molecule has 2 aromatic rings. The van der Waals surface area contributed by atoms with Crippen LogP contribution in [0.2, 0.25) is 0 Å². The van der Waals surface area contributed by atoms with Gasteiger partial charge >= 0.3 is 0 Å². The molecule has 0 aliphatic heterocycles. The molecule has 0 bridgehead atoms. The van der Waals surface area contributed by atoms with Crippen molar-refractivity contribution in [3.05, 3.63) is 24.2 Å². The minimum atomic E-state index is 0.677. The van der Waals surface area contributed by atoms with Crippen LogP contribution in [0.4, 0.5) is 0 Å². The van der Waals surface area contributed by atoms with Gasteiger partial charge in [0.25, 0.3) is 0 Å². The Morgan fingerprint density at radius 1 is 1.50 bits per heavy atom. The molecule has 0 saturated carbocycles. The Balaban J connectivity index is 2.41. The Labute approximate surface area is 87.7 Å². The average Bonchev–Trinajstić information content (AvgIpc) is 2.54. The molecule has 2 aromatic heterocycles. The molecule has 0 aromatic carbocycles. The lowest BCUT2D eigenvalue weighted by Gasteiger charge is -1.98. The molecule has 0 amide bonds. The van der Waals surface area contributed by atoms with Gasteiger partial charge < -0.3 is 4.57 Å². The van der Waals surface area contributed by atoms with Crippen LogP contribution in [0.25, 0.3) is 11.2 Å². The van der Waals surface area contributed by atoms with Crippen molar-refractivity contribution in [3.8, 4) is 0 Å². The molecule has 0 unspecified atom stereocenters. The van der Waals surface area contributed by atoms with Crippen LogP contribution in [0, 0.1) is 0 Å². The van der Waals surface area contributed by atoms with Gasteiger partial charge in [-0.15, -0.1) is 11.6 Å². The lowest BCUT2D eigenvalue weighted by atomic mass is 10.3. The van der Waals surface area contributed by atoms with Crippen molar-refractivity contribution in [3.63, 3.8) is 0 Å². The lowest BCUT2D eigenvalue weighted by molar-refractivity contribution is 0.771. The van der Waals surface area contributed by atoms with Gasteiger partial charge in [0.15, 0.2) is 5.65 Å². The molecule has 14 heavy (non-hydrogen) atoms. The molecule has 0 spiro atoms. The first-order chi connectivity index (χ1) is 6.83. The van der Waals surface area contributed by atoms with Crippen molar-refractivity contribution >= 4 is 22.8 Å². The Morgan fingerprint density at radius 3 is 3.07 bits per heavy atom. The Bertz CT molecular complexity index is 436. The van der Waals surface area contributed by atoms with Crippen molar-refractivity contribution in [2.75, 3.05) is 5.88 Å². The Morgan fingerprint density at radius 2 is 2.36 bits per heavy atom. The first-order valence-electron chi connectivity index (χ1n) is 4.65. The SMILES string of the molecule is Cn1c(CCCCl)nc2cccnc21. The number of fused-ring (bicyclic) bond motifs is 1. The number of nitrogens with zero attached hydrogens (tertiary/aromatic N) is 3. The Kier molecular flexibility index (Phi) is 2.68. The average molecular weight is 210 g/mol. The molecule has 2 heterocycles. The molecule has 0 fully saturated rings. The molecule has 0 atom stereocenters. The van der Waals surface area contributed by atoms with Gasteiger partial charge in [-0.3, -0.25) is 0 Å². The van der Waals surface area contributed by atoms with Gasteiger partial charge in [0.05, 0.1) is 0 Å². The van der Waals surface area contributed by atoms with Gasteiger partial charge in [0.2, 0.25) is 0 Å². The first-order valence-corrected chi connectivity index (χ1v) is 5.18. The molecular formula is C10H12ClN3. The number of imidazole rings is 1. The van der Waals surface area contributed by atoms with E-state index in [0.717, 1.165) is 29.8 Å².